The van der Waals surface area contributed by atoms with Crippen LogP contribution in [-0.4, -0.2) is 11.1 Å². The third kappa shape index (κ3) is 1.25. The highest BCUT2D eigenvalue weighted by Crippen LogP contribution is 2.79. The highest BCUT2D eigenvalue weighted by atomic mass is 16.4. The van der Waals surface area contributed by atoms with Crippen molar-refractivity contribution < 1.29 is 9.90 Å². The van der Waals surface area contributed by atoms with Crippen LogP contribution in [0.3, 0.4) is 0 Å². The maximum atomic E-state index is 12.3. The number of rotatable bonds is 2. The van der Waals surface area contributed by atoms with Crippen molar-refractivity contribution in [3.63, 3.8) is 0 Å². The Morgan fingerprint density at radius 1 is 0.900 bits per heavy atom. The van der Waals surface area contributed by atoms with Gasteiger partial charge in [-0.3, -0.25) is 4.79 Å². The molecule has 1 atom stereocenters. The first kappa shape index (κ1) is 12.1. The lowest BCUT2D eigenvalue weighted by molar-refractivity contribution is -0.158. The molecule has 0 saturated heterocycles. The zero-order chi connectivity index (χ0) is 13.5. The molecule has 1 unspecified atom stereocenters. The molecule has 6 rings (SSSR count). The van der Waals surface area contributed by atoms with Crippen molar-refractivity contribution in [1.82, 2.24) is 0 Å². The van der Waals surface area contributed by atoms with Gasteiger partial charge in [-0.1, -0.05) is 12.8 Å². The van der Waals surface area contributed by atoms with Gasteiger partial charge < -0.3 is 5.11 Å². The molecule has 110 valence electrons. The zero-order valence-corrected chi connectivity index (χ0v) is 12.3. The van der Waals surface area contributed by atoms with Gasteiger partial charge in [-0.25, -0.2) is 0 Å². The molecule has 6 aliphatic carbocycles. The van der Waals surface area contributed by atoms with Crippen LogP contribution in [-0.2, 0) is 4.79 Å². The molecule has 6 fully saturated rings. The van der Waals surface area contributed by atoms with Gasteiger partial charge in [-0.05, 0) is 86.4 Å². The molecule has 0 aliphatic heterocycles. The summed E-state index contributed by atoms with van der Waals surface area (Å²) in [6.45, 7) is 0. The van der Waals surface area contributed by atoms with Gasteiger partial charge in [0.2, 0.25) is 0 Å². The molecule has 0 amide bonds. The zero-order valence-electron chi connectivity index (χ0n) is 12.3. The fraction of sp³-hybridized carbons (Fsp3) is 0.944. The number of carboxylic acids is 1. The van der Waals surface area contributed by atoms with Crippen LogP contribution >= 0.6 is 0 Å². The Morgan fingerprint density at radius 3 is 1.95 bits per heavy atom. The molecule has 4 bridgehead atoms. The van der Waals surface area contributed by atoms with E-state index in [2.05, 4.69) is 0 Å². The quantitative estimate of drug-likeness (QED) is 0.823. The van der Waals surface area contributed by atoms with E-state index in [-0.39, 0.29) is 10.8 Å². The first-order valence-electron chi connectivity index (χ1n) is 8.88. The van der Waals surface area contributed by atoms with Crippen molar-refractivity contribution in [3.05, 3.63) is 0 Å². The summed E-state index contributed by atoms with van der Waals surface area (Å²) in [5, 5.41) is 10.1. The molecule has 0 radical (unpaired) electrons. The van der Waals surface area contributed by atoms with Crippen molar-refractivity contribution in [2.45, 2.75) is 64.2 Å². The highest BCUT2D eigenvalue weighted by molar-refractivity contribution is 5.81. The second-order valence-corrected chi connectivity index (χ2v) is 8.90. The summed E-state index contributed by atoms with van der Waals surface area (Å²) in [5.41, 5.74) is -0.0506. The Morgan fingerprint density at radius 2 is 1.45 bits per heavy atom. The Bertz CT molecular complexity index is 434. The second kappa shape index (κ2) is 3.62. The van der Waals surface area contributed by atoms with E-state index in [4.69, 9.17) is 0 Å². The summed E-state index contributed by atoms with van der Waals surface area (Å²) in [5.74, 6) is 3.57. The topological polar surface area (TPSA) is 37.3 Å². The molecule has 0 aromatic carbocycles. The molecule has 2 nitrogen and oxygen atoms in total. The third-order valence-corrected chi connectivity index (χ3v) is 8.18. The Hall–Kier alpha value is -0.530. The van der Waals surface area contributed by atoms with Crippen LogP contribution in [0.5, 0.6) is 0 Å². The minimum atomic E-state index is -0.420. The van der Waals surface area contributed by atoms with Crippen molar-refractivity contribution in [3.8, 4) is 0 Å². The van der Waals surface area contributed by atoms with Crippen LogP contribution in [0, 0.1) is 40.4 Å². The Kier molecular flexibility index (Phi) is 2.18. The van der Waals surface area contributed by atoms with Crippen LogP contribution < -0.4 is 0 Å². The van der Waals surface area contributed by atoms with Gasteiger partial charge in [-0.2, -0.15) is 0 Å². The van der Waals surface area contributed by atoms with Crippen LogP contribution in [0.25, 0.3) is 0 Å². The largest absolute Gasteiger partial charge is 0.481 e. The van der Waals surface area contributed by atoms with Crippen molar-refractivity contribution in [1.29, 1.82) is 0 Å². The lowest BCUT2D eigenvalue weighted by Gasteiger charge is -2.56. The molecular formula is C18H26O2. The van der Waals surface area contributed by atoms with Crippen LogP contribution in [0.15, 0.2) is 0 Å². The Labute approximate surface area is 121 Å². The maximum Gasteiger partial charge on any atom is 0.310 e. The minimum Gasteiger partial charge on any atom is -0.481 e. The van der Waals surface area contributed by atoms with Gasteiger partial charge in [0, 0.05) is 0 Å². The summed E-state index contributed by atoms with van der Waals surface area (Å²) >= 11 is 0. The monoisotopic (exact) mass is 274 g/mol. The van der Waals surface area contributed by atoms with Gasteiger partial charge in [0.25, 0.3) is 0 Å². The van der Waals surface area contributed by atoms with E-state index in [1.54, 1.807) is 0 Å². The van der Waals surface area contributed by atoms with E-state index < -0.39 is 5.97 Å². The SMILES string of the molecule is O=C(O)C1(C2C3CC4CC(C3)CC2C4)CC12CCCC2. The number of carbonyl (C=O) groups is 1. The molecule has 6 aliphatic rings. The molecule has 6 saturated carbocycles. The van der Waals surface area contributed by atoms with E-state index in [1.807, 2.05) is 0 Å². The first-order chi connectivity index (χ1) is 9.65. The van der Waals surface area contributed by atoms with E-state index in [9.17, 15) is 9.90 Å². The highest BCUT2D eigenvalue weighted by Gasteiger charge is 2.77. The number of hydrogen-bond donors (Lipinski definition) is 1. The number of hydrogen-bond acceptors (Lipinski definition) is 1. The van der Waals surface area contributed by atoms with Crippen molar-refractivity contribution in [2.75, 3.05) is 0 Å². The van der Waals surface area contributed by atoms with E-state index in [1.165, 1.54) is 57.8 Å². The number of aliphatic carboxylic acids is 1. The summed E-state index contributed by atoms with van der Waals surface area (Å²) in [4.78, 5) is 12.3. The normalized spacial score (nSPS) is 54.5. The molecule has 1 N–H and O–H groups in total. The van der Waals surface area contributed by atoms with Crippen LogP contribution in [0.2, 0.25) is 0 Å². The predicted molar refractivity (Wildman–Crippen MR) is 76.1 cm³/mol. The van der Waals surface area contributed by atoms with Gasteiger partial charge in [0.15, 0.2) is 0 Å². The second-order valence-electron chi connectivity index (χ2n) is 8.90. The van der Waals surface area contributed by atoms with Gasteiger partial charge in [0.05, 0.1) is 5.41 Å². The minimum absolute atomic E-state index is 0.235. The van der Waals surface area contributed by atoms with Crippen LogP contribution in [0.1, 0.15) is 64.2 Å². The lowest BCUT2D eigenvalue weighted by atomic mass is 9.48. The molecular weight excluding hydrogens is 248 g/mol. The summed E-state index contributed by atoms with van der Waals surface area (Å²) in [6.07, 6.45) is 12.9. The molecule has 20 heavy (non-hydrogen) atoms. The summed E-state index contributed by atoms with van der Waals surface area (Å²) < 4.78 is 0. The van der Waals surface area contributed by atoms with Crippen LogP contribution in [0.4, 0.5) is 0 Å². The average Bonchev–Trinajstić information content (AvgIpc) is 2.79. The van der Waals surface area contributed by atoms with Crippen molar-refractivity contribution in [2.24, 2.45) is 40.4 Å². The smallest absolute Gasteiger partial charge is 0.310 e. The predicted octanol–water partition coefficient (Wildman–Crippen LogP) is 4.09. The number of carboxylic acid groups (broad SMARTS) is 1. The molecule has 0 aromatic heterocycles. The lowest BCUT2D eigenvalue weighted by Crippen LogP contribution is -2.51. The maximum absolute atomic E-state index is 12.3. The molecule has 0 heterocycles. The van der Waals surface area contributed by atoms with Gasteiger partial charge >= 0.3 is 5.97 Å². The summed E-state index contributed by atoms with van der Waals surface area (Å²) in [6, 6.07) is 0. The summed E-state index contributed by atoms with van der Waals surface area (Å²) in [7, 11) is 0. The molecule has 2 heteroatoms. The molecule has 0 aromatic rings. The standard InChI is InChI=1S/C18H26O2/c19-16(20)18(10-17(18)3-1-2-4-17)15-13-6-11-5-12(8-13)9-14(15)7-11/h11-15H,1-10H2,(H,19,20). The van der Waals surface area contributed by atoms with E-state index in [0.717, 1.165) is 30.1 Å². The van der Waals surface area contributed by atoms with Crippen molar-refractivity contribution >= 4 is 5.97 Å². The van der Waals surface area contributed by atoms with E-state index in [0.29, 0.717) is 5.92 Å². The fourth-order valence-corrected chi connectivity index (χ4v) is 7.81. The Balaban J connectivity index is 1.53. The van der Waals surface area contributed by atoms with Gasteiger partial charge in [0.1, 0.15) is 0 Å². The molecule has 1 spiro atoms. The first-order valence-corrected chi connectivity index (χ1v) is 8.88. The van der Waals surface area contributed by atoms with Gasteiger partial charge in [-0.15, -0.1) is 0 Å². The van der Waals surface area contributed by atoms with E-state index >= 15 is 0 Å². The third-order valence-electron chi connectivity index (χ3n) is 8.18. The average molecular weight is 274 g/mol. The fourth-order valence-electron chi connectivity index (χ4n) is 7.81.